The van der Waals surface area contributed by atoms with Crippen LogP contribution in [-0.4, -0.2) is 35.1 Å². The number of amides is 1. The summed E-state index contributed by atoms with van der Waals surface area (Å²) in [7, 11) is 0. The van der Waals surface area contributed by atoms with E-state index in [1.54, 1.807) is 6.92 Å². The van der Waals surface area contributed by atoms with Crippen molar-refractivity contribution in [1.82, 2.24) is 4.90 Å². The highest BCUT2D eigenvalue weighted by atomic mass is 16.3. The summed E-state index contributed by atoms with van der Waals surface area (Å²) in [5, 5.41) is 9.48. The van der Waals surface area contributed by atoms with Gasteiger partial charge in [-0.1, -0.05) is 18.2 Å². The van der Waals surface area contributed by atoms with Gasteiger partial charge in [-0.25, -0.2) is 0 Å². The van der Waals surface area contributed by atoms with Crippen LogP contribution >= 0.6 is 0 Å². The van der Waals surface area contributed by atoms with Crippen LogP contribution in [0, 0.1) is 5.92 Å². The van der Waals surface area contributed by atoms with Crippen LogP contribution < -0.4 is 0 Å². The summed E-state index contributed by atoms with van der Waals surface area (Å²) < 4.78 is 0. The van der Waals surface area contributed by atoms with Gasteiger partial charge in [0.25, 0.3) is 5.91 Å². The highest BCUT2D eigenvalue weighted by Crippen LogP contribution is 2.21. The molecule has 1 amide bonds. The Bertz CT molecular complexity index is 361. The van der Waals surface area contributed by atoms with Gasteiger partial charge < -0.3 is 10.0 Å². The number of carbonyl (C=O) groups excluding carboxylic acids is 1. The molecule has 0 spiro atoms. The maximum atomic E-state index is 12.1. The molecule has 3 nitrogen and oxygen atoms in total. The predicted octanol–water partition coefficient (Wildman–Crippen LogP) is 1.53. The number of nitrogens with zero attached hydrogens (tertiary/aromatic N) is 1. The average Bonchev–Trinajstić information content (AvgIpc) is 2.78. The molecule has 1 heterocycles. The molecule has 2 atom stereocenters. The second kappa shape index (κ2) is 4.66. The van der Waals surface area contributed by atoms with Gasteiger partial charge in [-0.3, -0.25) is 4.79 Å². The summed E-state index contributed by atoms with van der Waals surface area (Å²) in [6.45, 7) is 3.22. The molecule has 0 bridgehead atoms. The van der Waals surface area contributed by atoms with E-state index in [4.69, 9.17) is 0 Å². The van der Waals surface area contributed by atoms with E-state index in [0.717, 1.165) is 18.5 Å². The molecule has 1 N–H and O–H groups in total. The van der Waals surface area contributed by atoms with Crippen LogP contribution in [0.3, 0.4) is 0 Å². The van der Waals surface area contributed by atoms with Gasteiger partial charge in [-0.2, -0.15) is 0 Å². The maximum absolute atomic E-state index is 12.1. The van der Waals surface area contributed by atoms with Crippen molar-refractivity contribution in [3.05, 3.63) is 35.9 Å². The minimum Gasteiger partial charge on any atom is -0.393 e. The predicted molar refractivity (Wildman–Crippen MR) is 62.1 cm³/mol. The molecule has 1 aromatic rings. The monoisotopic (exact) mass is 219 g/mol. The van der Waals surface area contributed by atoms with E-state index in [0.29, 0.717) is 6.54 Å². The molecule has 1 aliphatic heterocycles. The molecular formula is C13H17NO2. The first-order valence-corrected chi connectivity index (χ1v) is 5.71. The first-order valence-electron chi connectivity index (χ1n) is 5.71. The summed E-state index contributed by atoms with van der Waals surface area (Å²) in [5.41, 5.74) is 0.730. The van der Waals surface area contributed by atoms with Crippen molar-refractivity contribution in [3.8, 4) is 0 Å². The Balaban J connectivity index is 2.03. The third-order valence-corrected chi connectivity index (χ3v) is 3.21. The fraction of sp³-hybridized carbons (Fsp3) is 0.462. The summed E-state index contributed by atoms with van der Waals surface area (Å²) in [6.07, 6.45) is 0.574. The van der Waals surface area contributed by atoms with Crippen molar-refractivity contribution in [2.24, 2.45) is 5.92 Å². The van der Waals surface area contributed by atoms with E-state index < -0.39 is 0 Å². The van der Waals surface area contributed by atoms with Gasteiger partial charge in [-0.15, -0.1) is 0 Å². The molecule has 1 aliphatic rings. The highest BCUT2D eigenvalue weighted by molar-refractivity contribution is 5.94. The van der Waals surface area contributed by atoms with E-state index in [-0.39, 0.29) is 17.9 Å². The van der Waals surface area contributed by atoms with E-state index in [2.05, 4.69) is 0 Å². The Labute approximate surface area is 95.7 Å². The minimum absolute atomic E-state index is 0.0729. The molecule has 0 aromatic heterocycles. The Kier molecular flexibility index (Phi) is 3.25. The molecule has 3 heteroatoms. The van der Waals surface area contributed by atoms with Crippen LogP contribution in [-0.2, 0) is 0 Å². The Morgan fingerprint density at radius 3 is 2.69 bits per heavy atom. The topological polar surface area (TPSA) is 40.5 Å². The molecule has 1 saturated heterocycles. The molecule has 0 radical (unpaired) electrons. The molecule has 0 aliphatic carbocycles. The van der Waals surface area contributed by atoms with Crippen molar-refractivity contribution in [2.45, 2.75) is 19.4 Å². The van der Waals surface area contributed by atoms with E-state index in [9.17, 15) is 9.90 Å². The van der Waals surface area contributed by atoms with Crippen molar-refractivity contribution in [2.75, 3.05) is 13.1 Å². The van der Waals surface area contributed by atoms with Gasteiger partial charge >= 0.3 is 0 Å². The van der Waals surface area contributed by atoms with Crippen LogP contribution in [0.2, 0.25) is 0 Å². The maximum Gasteiger partial charge on any atom is 0.253 e. The lowest BCUT2D eigenvalue weighted by molar-refractivity contribution is 0.0762. The highest BCUT2D eigenvalue weighted by Gasteiger charge is 2.29. The molecule has 2 rings (SSSR count). The first kappa shape index (κ1) is 11.1. The Morgan fingerprint density at radius 2 is 2.12 bits per heavy atom. The molecule has 16 heavy (non-hydrogen) atoms. The van der Waals surface area contributed by atoms with Crippen LogP contribution in [0.25, 0.3) is 0 Å². The number of hydrogen-bond acceptors (Lipinski definition) is 2. The SMILES string of the molecule is C[C@@H](O)[C@@H]1CCN(C(=O)c2ccccc2)C1. The zero-order valence-electron chi connectivity index (χ0n) is 9.47. The quantitative estimate of drug-likeness (QED) is 0.819. The number of likely N-dealkylation sites (tertiary alicyclic amines) is 1. The molecule has 1 aromatic carbocycles. The fourth-order valence-corrected chi connectivity index (χ4v) is 2.13. The van der Waals surface area contributed by atoms with Crippen molar-refractivity contribution in [3.63, 3.8) is 0 Å². The van der Waals surface area contributed by atoms with E-state index >= 15 is 0 Å². The molecule has 1 fully saturated rings. The summed E-state index contributed by atoms with van der Waals surface area (Å²) >= 11 is 0. The number of benzene rings is 1. The van der Waals surface area contributed by atoms with Gasteiger partial charge in [0.15, 0.2) is 0 Å². The lowest BCUT2D eigenvalue weighted by atomic mass is 10.0. The zero-order chi connectivity index (χ0) is 11.5. The third kappa shape index (κ3) is 2.25. The largest absolute Gasteiger partial charge is 0.393 e. The summed E-state index contributed by atoms with van der Waals surface area (Å²) in [5.74, 6) is 0.302. The van der Waals surface area contributed by atoms with Crippen LogP contribution in [0.4, 0.5) is 0 Å². The van der Waals surface area contributed by atoms with Crippen molar-refractivity contribution in [1.29, 1.82) is 0 Å². The number of hydrogen-bond donors (Lipinski definition) is 1. The third-order valence-electron chi connectivity index (χ3n) is 3.21. The molecule has 86 valence electrons. The average molecular weight is 219 g/mol. The molecule has 0 saturated carbocycles. The lowest BCUT2D eigenvalue weighted by Crippen LogP contribution is -2.30. The van der Waals surface area contributed by atoms with Crippen molar-refractivity contribution >= 4 is 5.91 Å². The number of aliphatic hydroxyl groups is 1. The number of rotatable bonds is 2. The molecular weight excluding hydrogens is 202 g/mol. The summed E-state index contributed by atoms with van der Waals surface area (Å²) in [6, 6.07) is 9.31. The van der Waals surface area contributed by atoms with Crippen molar-refractivity contribution < 1.29 is 9.90 Å². The number of carbonyl (C=O) groups is 1. The van der Waals surface area contributed by atoms with Crippen LogP contribution in [0.5, 0.6) is 0 Å². The van der Waals surface area contributed by atoms with E-state index in [1.807, 2.05) is 35.2 Å². The zero-order valence-corrected chi connectivity index (χ0v) is 9.47. The smallest absolute Gasteiger partial charge is 0.253 e. The fourth-order valence-electron chi connectivity index (χ4n) is 2.13. The lowest BCUT2D eigenvalue weighted by Gasteiger charge is -2.17. The van der Waals surface area contributed by atoms with Gasteiger partial charge in [0.05, 0.1) is 6.10 Å². The van der Waals surface area contributed by atoms with Crippen LogP contribution in [0.1, 0.15) is 23.7 Å². The second-order valence-electron chi connectivity index (χ2n) is 4.41. The Morgan fingerprint density at radius 1 is 1.44 bits per heavy atom. The van der Waals surface area contributed by atoms with E-state index in [1.165, 1.54) is 0 Å². The normalized spacial score (nSPS) is 22.1. The summed E-state index contributed by atoms with van der Waals surface area (Å²) in [4.78, 5) is 13.9. The van der Waals surface area contributed by atoms with Crippen LogP contribution in [0.15, 0.2) is 30.3 Å². The Hall–Kier alpha value is -1.35. The second-order valence-corrected chi connectivity index (χ2v) is 4.41. The van der Waals surface area contributed by atoms with Gasteiger partial charge in [-0.05, 0) is 25.5 Å². The standard InChI is InChI=1S/C13H17NO2/c1-10(15)12-7-8-14(9-12)13(16)11-5-3-2-4-6-11/h2-6,10,12,15H,7-9H2,1H3/t10-,12-/m1/s1. The van der Waals surface area contributed by atoms with Gasteiger partial charge in [0.1, 0.15) is 0 Å². The van der Waals surface area contributed by atoms with Gasteiger partial charge in [0.2, 0.25) is 0 Å². The number of aliphatic hydroxyl groups excluding tert-OH is 1. The molecule has 0 unspecified atom stereocenters. The minimum atomic E-state index is -0.325. The van der Waals surface area contributed by atoms with Gasteiger partial charge in [0, 0.05) is 24.6 Å². The first-order chi connectivity index (χ1) is 7.68.